The lowest BCUT2D eigenvalue weighted by atomic mass is 9.91. The number of nitrogens with one attached hydrogen (secondary N) is 1. The third kappa shape index (κ3) is 3.42. The van der Waals surface area contributed by atoms with Crippen LogP contribution in [0.2, 0.25) is 0 Å². The summed E-state index contributed by atoms with van der Waals surface area (Å²) in [6, 6.07) is 5.72. The third-order valence-electron chi connectivity index (χ3n) is 3.08. The van der Waals surface area contributed by atoms with Gasteiger partial charge < -0.3 is 5.32 Å². The SMILES string of the molecule is O=C(Cc1ccccn1)CC1CCNCC1. The van der Waals surface area contributed by atoms with Crippen molar-refractivity contribution in [3.63, 3.8) is 0 Å². The summed E-state index contributed by atoms with van der Waals surface area (Å²) in [6.45, 7) is 2.11. The van der Waals surface area contributed by atoms with E-state index >= 15 is 0 Å². The van der Waals surface area contributed by atoms with Gasteiger partial charge in [0.2, 0.25) is 0 Å². The molecule has 1 aromatic rings. The zero-order valence-electron chi connectivity index (χ0n) is 9.48. The molecule has 0 spiro atoms. The molecule has 2 rings (SSSR count). The van der Waals surface area contributed by atoms with Crippen LogP contribution in [0.15, 0.2) is 24.4 Å². The van der Waals surface area contributed by atoms with Crippen molar-refractivity contribution in [3.05, 3.63) is 30.1 Å². The van der Waals surface area contributed by atoms with E-state index in [0.29, 0.717) is 18.1 Å². The van der Waals surface area contributed by atoms with Gasteiger partial charge in [0.25, 0.3) is 0 Å². The average molecular weight is 218 g/mol. The fourth-order valence-electron chi connectivity index (χ4n) is 2.18. The van der Waals surface area contributed by atoms with Gasteiger partial charge in [-0.1, -0.05) is 6.07 Å². The molecule has 16 heavy (non-hydrogen) atoms. The fourth-order valence-corrected chi connectivity index (χ4v) is 2.18. The Morgan fingerprint density at radius 1 is 1.38 bits per heavy atom. The molecule has 1 aliphatic rings. The highest BCUT2D eigenvalue weighted by molar-refractivity contribution is 5.80. The molecule has 1 saturated heterocycles. The number of rotatable bonds is 4. The highest BCUT2D eigenvalue weighted by Crippen LogP contribution is 2.16. The van der Waals surface area contributed by atoms with Gasteiger partial charge in [-0.05, 0) is 44.0 Å². The quantitative estimate of drug-likeness (QED) is 0.834. The molecular formula is C13H18N2O. The third-order valence-corrected chi connectivity index (χ3v) is 3.08. The average Bonchev–Trinajstić information content (AvgIpc) is 2.31. The monoisotopic (exact) mass is 218 g/mol. The number of piperidine rings is 1. The van der Waals surface area contributed by atoms with E-state index in [1.54, 1.807) is 6.20 Å². The van der Waals surface area contributed by atoms with Crippen molar-refractivity contribution in [2.75, 3.05) is 13.1 Å². The highest BCUT2D eigenvalue weighted by Gasteiger charge is 2.16. The van der Waals surface area contributed by atoms with Crippen LogP contribution in [0.25, 0.3) is 0 Å². The van der Waals surface area contributed by atoms with Crippen molar-refractivity contribution in [1.82, 2.24) is 10.3 Å². The molecule has 3 heteroatoms. The summed E-state index contributed by atoms with van der Waals surface area (Å²) in [4.78, 5) is 16.0. The van der Waals surface area contributed by atoms with E-state index in [2.05, 4.69) is 10.3 Å². The van der Waals surface area contributed by atoms with Gasteiger partial charge in [0.05, 0.1) is 0 Å². The molecule has 0 saturated carbocycles. The van der Waals surface area contributed by atoms with Crippen molar-refractivity contribution in [2.24, 2.45) is 5.92 Å². The van der Waals surface area contributed by atoms with E-state index in [0.717, 1.165) is 38.0 Å². The van der Waals surface area contributed by atoms with Crippen LogP contribution >= 0.6 is 0 Å². The van der Waals surface area contributed by atoms with Gasteiger partial charge in [0, 0.05) is 24.7 Å². The Morgan fingerprint density at radius 3 is 2.88 bits per heavy atom. The largest absolute Gasteiger partial charge is 0.317 e. The van der Waals surface area contributed by atoms with Crippen LogP contribution in [-0.4, -0.2) is 23.9 Å². The second-order valence-corrected chi connectivity index (χ2v) is 4.43. The number of nitrogens with zero attached hydrogens (tertiary/aromatic N) is 1. The zero-order valence-corrected chi connectivity index (χ0v) is 9.48. The van der Waals surface area contributed by atoms with Crippen molar-refractivity contribution in [1.29, 1.82) is 0 Å². The lowest BCUT2D eigenvalue weighted by molar-refractivity contribution is -0.119. The van der Waals surface area contributed by atoms with Gasteiger partial charge in [0.1, 0.15) is 5.78 Å². The van der Waals surface area contributed by atoms with Crippen LogP contribution in [0.1, 0.15) is 25.0 Å². The maximum absolute atomic E-state index is 11.8. The molecule has 0 aliphatic carbocycles. The Hall–Kier alpha value is -1.22. The summed E-state index contributed by atoms with van der Waals surface area (Å²) >= 11 is 0. The summed E-state index contributed by atoms with van der Waals surface area (Å²) in [6.07, 6.45) is 5.22. The van der Waals surface area contributed by atoms with E-state index in [1.807, 2.05) is 18.2 Å². The normalized spacial score (nSPS) is 17.2. The predicted octanol–water partition coefficient (Wildman–Crippen LogP) is 1.58. The number of ketones is 1. The van der Waals surface area contributed by atoms with Crippen molar-refractivity contribution in [2.45, 2.75) is 25.7 Å². The van der Waals surface area contributed by atoms with E-state index < -0.39 is 0 Å². The summed E-state index contributed by atoms with van der Waals surface area (Å²) in [5.41, 5.74) is 0.890. The molecule has 0 aromatic carbocycles. The Morgan fingerprint density at radius 2 is 2.19 bits per heavy atom. The van der Waals surface area contributed by atoms with Crippen LogP contribution in [0, 0.1) is 5.92 Å². The summed E-state index contributed by atoms with van der Waals surface area (Å²) in [7, 11) is 0. The standard InChI is InChI=1S/C13H18N2O/c16-13(9-11-4-7-14-8-5-11)10-12-3-1-2-6-15-12/h1-3,6,11,14H,4-5,7-10H2. The van der Waals surface area contributed by atoms with E-state index in [1.165, 1.54) is 0 Å². The first-order valence-corrected chi connectivity index (χ1v) is 5.97. The number of pyridine rings is 1. The molecule has 1 aliphatic heterocycles. The molecule has 0 radical (unpaired) electrons. The Balaban J connectivity index is 1.80. The molecule has 1 aromatic heterocycles. The number of carbonyl (C=O) groups excluding carboxylic acids is 1. The molecule has 0 unspecified atom stereocenters. The maximum Gasteiger partial charge on any atom is 0.139 e. The zero-order chi connectivity index (χ0) is 11.2. The van der Waals surface area contributed by atoms with Gasteiger partial charge in [-0.15, -0.1) is 0 Å². The molecule has 1 N–H and O–H groups in total. The topological polar surface area (TPSA) is 42.0 Å². The molecule has 2 heterocycles. The first-order valence-electron chi connectivity index (χ1n) is 5.97. The number of hydrogen-bond donors (Lipinski definition) is 1. The van der Waals surface area contributed by atoms with Gasteiger partial charge >= 0.3 is 0 Å². The second kappa shape index (κ2) is 5.75. The van der Waals surface area contributed by atoms with Crippen LogP contribution in [0.4, 0.5) is 0 Å². The minimum absolute atomic E-state index is 0.325. The van der Waals surface area contributed by atoms with Crippen LogP contribution in [-0.2, 0) is 11.2 Å². The van der Waals surface area contributed by atoms with E-state index in [9.17, 15) is 4.79 Å². The van der Waals surface area contributed by atoms with Crippen LogP contribution < -0.4 is 5.32 Å². The Kier molecular flexibility index (Phi) is 4.05. The molecule has 0 atom stereocenters. The number of aromatic nitrogens is 1. The molecular weight excluding hydrogens is 200 g/mol. The number of Topliss-reactive ketones (excluding diaryl/α,β-unsaturated/α-hetero) is 1. The summed E-state index contributed by atoms with van der Waals surface area (Å²) in [5.74, 6) is 0.906. The minimum atomic E-state index is 0.325. The Bertz CT molecular complexity index is 331. The van der Waals surface area contributed by atoms with Gasteiger partial charge in [-0.2, -0.15) is 0 Å². The number of hydrogen-bond acceptors (Lipinski definition) is 3. The van der Waals surface area contributed by atoms with Gasteiger partial charge in [-0.3, -0.25) is 9.78 Å². The van der Waals surface area contributed by atoms with E-state index in [-0.39, 0.29) is 0 Å². The summed E-state index contributed by atoms with van der Waals surface area (Å²) < 4.78 is 0. The van der Waals surface area contributed by atoms with Gasteiger partial charge in [0.15, 0.2) is 0 Å². The van der Waals surface area contributed by atoms with Crippen molar-refractivity contribution >= 4 is 5.78 Å². The smallest absolute Gasteiger partial charge is 0.139 e. The van der Waals surface area contributed by atoms with Crippen LogP contribution in [0.5, 0.6) is 0 Å². The van der Waals surface area contributed by atoms with Gasteiger partial charge in [-0.25, -0.2) is 0 Å². The lowest BCUT2D eigenvalue weighted by Gasteiger charge is -2.21. The molecule has 3 nitrogen and oxygen atoms in total. The summed E-state index contributed by atoms with van der Waals surface area (Å²) in [5, 5.41) is 3.31. The molecule has 0 bridgehead atoms. The second-order valence-electron chi connectivity index (χ2n) is 4.43. The van der Waals surface area contributed by atoms with E-state index in [4.69, 9.17) is 0 Å². The fraction of sp³-hybridized carbons (Fsp3) is 0.538. The maximum atomic E-state index is 11.8. The molecule has 86 valence electrons. The first-order chi connectivity index (χ1) is 7.84. The molecule has 1 fully saturated rings. The van der Waals surface area contributed by atoms with Crippen LogP contribution in [0.3, 0.4) is 0 Å². The molecule has 0 amide bonds. The predicted molar refractivity (Wildman–Crippen MR) is 63.2 cm³/mol. The van der Waals surface area contributed by atoms with Crippen molar-refractivity contribution < 1.29 is 4.79 Å². The minimum Gasteiger partial charge on any atom is -0.317 e. The first kappa shape index (κ1) is 11.3. The lowest BCUT2D eigenvalue weighted by Crippen LogP contribution is -2.29. The highest BCUT2D eigenvalue weighted by atomic mass is 16.1. The number of carbonyl (C=O) groups is 1. The Labute approximate surface area is 96.3 Å². The van der Waals surface area contributed by atoms with Crippen molar-refractivity contribution in [3.8, 4) is 0 Å².